The third kappa shape index (κ3) is 4.51. The summed E-state index contributed by atoms with van der Waals surface area (Å²) in [5.74, 6) is -0.800. The third-order valence-electron chi connectivity index (χ3n) is 2.97. The number of rotatable bonds is 6. The topological polar surface area (TPSA) is 88.0 Å². The van der Waals surface area contributed by atoms with Crippen molar-refractivity contribution in [1.82, 2.24) is 10.3 Å². The Balaban J connectivity index is 1.99. The highest BCUT2D eigenvalue weighted by Crippen LogP contribution is 2.10. The van der Waals surface area contributed by atoms with Gasteiger partial charge in [-0.05, 0) is 12.0 Å². The number of amides is 1. The highest BCUT2D eigenvalue weighted by atomic mass is 32.1. The molecule has 2 rings (SSSR count). The lowest BCUT2D eigenvalue weighted by atomic mass is 9.98. The van der Waals surface area contributed by atoms with Gasteiger partial charge in [-0.3, -0.25) is 9.59 Å². The summed E-state index contributed by atoms with van der Waals surface area (Å²) in [5, 5.41) is 4.42. The quantitative estimate of drug-likeness (QED) is 0.698. The number of nitrogens with one attached hydrogen (secondary N) is 2. The zero-order chi connectivity index (χ0) is 15.2. The molecule has 0 aliphatic heterocycles. The van der Waals surface area contributed by atoms with E-state index >= 15 is 0 Å². The molecule has 1 unspecified atom stereocenters. The fourth-order valence-electron chi connectivity index (χ4n) is 1.88. The van der Waals surface area contributed by atoms with Gasteiger partial charge in [-0.15, -0.1) is 0 Å². The van der Waals surface area contributed by atoms with Gasteiger partial charge in [0.15, 0.2) is 0 Å². The standard InChI is InChI=1S/C14H15N3O2S2/c15-12(20)11(6-9-4-2-1-3-5-9)13(18)16-7-10-8-21-14(19)17-10/h1-5,8,11H,6-7H2,(H2,15,20)(H,16,18)(H,17,19). The van der Waals surface area contributed by atoms with E-state index in [4.69, 9.17) is 18.0 Å². The van der Waals surface area contributed by atoms with Crippen LogP contribution in [0.1, 0.15) is 11.3 Å². The number of nitrogens with two attached hydrogens (primary N) is 1. The van der Waals surface area contributed by atoms with E-state index in [0.717, 1.165) is 16.9 Å². The highest BCUT2D eigenvalue weighted by molar-refractivity contribution is 7.80. The van der Waals surface area contributed by atoms with Crippen LogP contribution in [0, 0.1) is 5.92 Å². The smallest absolute Gasteiger partial charge is 0.304 e. The van der Waals surface area contributed by atoms with Crippen LogP contribution in [-0.2, 0) is 17.8 Å². The maximum Gasteiger partial charge on any atom is 0.304 e. The summed E-state index contributed by atoms with van der Waals surface area (Å²) in [5.41, 5.74) is 7.33. The van der Waals surface area contributed by atoms with Gasteiger partial charge in [0.25, 0.3) is 0 Å². The molecule has 1 heterocycles. The summed E-state index contributed by atoms with van der Waals surface area (Å²) in [6.45, 7) is 0.255. The second kappa shape index (κ2) is 7.14. The van der Waals surface area contributed by atoms with Crippen LogP contribution in [0.5, 0.6) is 0 Å². The summed E-state index contributed by atoms with van der Waals surface area (Å²) < 4.78 is 0. The molecule has 1 aromatic carbocycles. The second-order valence-corrected chi connectivity index (χ2v) is 5.85. The molecule has 7 heteroatoms. The Morgan fingerprint density at radius 1 is 1.38 bits per heavy atom. The van der Waals surface area contributed by atoms with Crippen molar-refractivity contribution < 1.29 is 4.79 Å². The molecule has 0 saturated carbocycles. The van der Waals surface area contributed by atoms with E-state index in [1.807, 2.05) is 30.3 Å². The van der Waals surface area contributed by atoms with Crippen LogP contribution in [0.3, 0.4) is 0 Å². The highest BCUT2D eigenvalue weighted by Gasteiger charge is 2.21. The Hall–Kier alpha value is -1.99. The molecule has 4 N–H and O–H groups in total. The summed E-state index contributed by atoms with van der Waals surface area (Å²) >= 11 is 6.05. The molecule has 0 bridgehead atoms. The van der Waals surface area contributed by atoms with Gasteiger partial charge in [0.1, 0.15) is 0 Å². The van der Waals surface area contributed by atoms with E-state index in [2.05, 4.69) is 10.3 Å². The summed E-state index contributed by atoms with van der Waals surface area (Å²) in [4.78, 5) is 25.9. The zero-order valence-electron chi connectivity index (χ0n) is 11.2. The van der Waals surface area contributed by atoms with Gasteiger partial charge in [-0.1, -0.05) is 53.9 Å². The first-order valence-electron chi connectivity index (χ1n) is 6.34. The molecule has 0 aliphatic carbocycles. The number of benzene rings is 1. The molecule has 0 spiro atoms. The Kier molecular flexibility index (Phi) is 5.24. The van der Waals surface area contributed by atoms with Crippen LogP contribution in [0.25, 0.3) is 0 Å². The molecule has 1 aromatic heterocycles. The molecule has 0 aliphatic rings. The van der Waals surface area contributed by atoms with Crippen LogP contribution in [0.4, 0.5) is 0 Å². The lowest BCUT2D eigenvalue weighted by Crippen LogP contribution is -2.39. The summed E-state index contributed by atoms with van der Waals surface area (Å²) in [6.07, 6.45) is 0.460. The second-order valence-electron chi connectivity index (χ2n) is 4.54. The molecule has 0 radical (unpaired) electrons. The lowest BCUT2D eigenvalue weighted by Gasteiger charge is -2.15. The number of thiocarbonyl (C=S) groups is 1. The van der Waals surface area contributed by atoms with E-state index in [9.17, 15) is 9.59 Å². The van der Waals surface area contributed by atoms with Crippen LogP contribution >= 0.6 is 23.6 Å². The fraction of sp³-hybridized carbons (Fsp3) is 0.214. The molecule has 110 valence electrons. The van der Waals surface area contributed by atoms with E-state index in [1.165, 1.54) is 0 Å². The normalized spacial score (nSPS) is 11.8. The summed E-state index contributed by atoms with van der Waals surface area (Å²) in [6, 6.07) is 9.57. The van der Waals surface area contributed by atoms with Crippen molar-refractivity contribution in [2.75, 3.05) is 0 Å². The van der Waals surface area contributed by atoms with Crippen molar-refractivity contribution in [2.45, 2.75) is 13.0 Å². The van der Waals surface area contributed by atoms with Crippen molar-refractivity contribution >= 4 is 34.5 Å². The van der Waals surface area contributed by atoms with Gasteiger partial charge in [-0.2, -0.15) is 0 Å². The third-order valence-corrected chi connectivity index (χ3v) is 3.97. The predicted molar refractivity (Wildman–Crippen MR) is 87.2 cm³/mol. The van der Waals surface area contributed by atoms with Crippen LogP contribution in [0.2, 0.25) is 0 Å². The Morgan fingerprint density at radius 2 is 2.10 bits per heavy atom. The molecule has 0 fully saturated rings. The number of H-pyrrole nitrogens is 1. The van der Waals surface area contributed by atoms with Crippen molar-refractivity contribution in [3.63, 3.8) is 0 Å². The van der Waals surface area contributed by atoms with Gasteiger partial charge in [0.05, 0.1) is 17.5 Å². The minimum absolute atomic E-state index is 0.144. The van der Waals surface area contributed by atoms with Crippen LogP contribution in [0.15, 0.2) is 40.5 Å². The lowest BCUT2D eigenvalue weighted by molar-refractivity contribution is -0.123. The maximum absolute atomic E-state index is 12.2. The van der Waals surface area contributed by atoms with Crippen LogP contribution < -0.4 is 15.9 Å². The van der Waals surface area contributed by atoms with Gasteiger partial charge >= 0.3 is 4.87 Å². The molecule has 2 aromatic rings. The molecular formula is C14H15N3O2S2. The predicted octanol–water partition coefficient (Wildman–Crippen LogP) is 1.20. The number of hydrogen-bond acceptors (Lipinski definition) is 4. The Bertz CT molecular complexity index is 679. The number of aromatic amines is 1. The van der Waals surface area contributed by atoms with Crippen LogP contribution in [-0.4, -0.2) is 15.9 Å². The first kappa shape index (κ1) is 15.4. The first-order chi connectivity index (χ1) is 10.1. The minimum Gasteiger partial charge on any atom is -0.393 e. The Labute approximate surface area is 131 Å². The van der Waals surface area contributed by atoms with E-state index in [1.54, 1.807) is 5.38 Å². The molecular weight excluding hydrogens is 306 g/mol. The van der Waals surface area contributed by atoms with E-state index in [0.29, 0.717) is 12.1 Å². The number of carbonyl (C=O) groups is 1. The van der Waals surface area contributed by atoms with Gasteiger partial charge in [0.2, 0.25) is 5.91 Å². The minimum atomic E-state index is -0.562. The van der Waals surface area contributed by atoms with E-state index in [-0.39, 0.29) is 22.3 Å². The molecule has 1 atom stereocenters. The van der Waals surface area contributed by atoms with Crippen molar-refractivity contribution in [3.8, 4) is 0 Å². The number of thiazole rings is 1. The molecule has 0 saturated heterocycles. The molecule has 1 amide bonds. The van der Waals surface area contributed by atoms with Gasteiger partial charge in [-0.25, -0.2) is 0 Å². The zero-order valence-corrected chi connectivity index (χ0v) is 12.8. The average molecular weight is 321 g/mol. The van der Waals surface area contributed by atoms with Crippen molar-refractivity contribution in [1.29, 1.82) is 0 Å². The van der Waals surface area contributed by atoms with Gasteiger partial charge in [0, 0.05) is 11.1 Å². The van der Waals surface area contributed by atoms with Gasteiger partial charge < -0.3 is 16.0 Å². The van der Waals surface area contributed by atoms with Crippen molar-refractivity contribution in [2.24, 2.45) is 11.7 Å². The average Bonchev–Trinajstić information content (AvgIpc) is 2.89. The maximum atomic E-state index is 12.2. The SMILES string of the molecule is NC(=S)C(Cc1ccccc1)C(=O)NCc1csc(=O)[nH]1. The fourth-order valence-corrected chi connectivity index (χ4v) is 2.65. The monoisotopic (exact) mass is 321 g/mol. The number of carbonyl (C=O) groups excluding carboxylic acids is 1. The molecule has 5 nitrogen and oxygen atoms in total. The molecule has 21 heavy (non-hydrogen) atoms. The summed E-state index contributed by atoms with van der Waals surface area (Å²) in [7, 11) is 0. The van der Waals surface area contributed by atoms with Crippen molar-refractivity contribution in [3.05, 3.63) is 56.6 Å². The first-order valence-corrected chi connectivity index (χ1v) is 7.62. The Morgan fingerprint density at radius 3 is 2.67 bits per heavy atom. The van der Waals surface area contributed by atoms with E-state index < -0.39 is 5.92 Å². The largest absolute Gasteiger partial charge is 0.393 e. The number of hydrogen-bond donors (Lipinski definition) is 3. The number of aromatic nitrogens is 1.